The van der Waals surface area contributed by atoms with Crippen molar-refractivity contribution in [2.75, 3.05) is 32.8 Å². The Balaban J connectivity index is 1.81. The minimum atomic E-state index is 0.0154. The largest absolute Gasteiger partial charge is 0.382 e. The molecule has 0 aliphatic heterocycles. The molecule has 2 aliphatic rings. The van der Waals surface area contributed by atoms with E-state index in [4.69, 9.17) is 4.74 Å². The Bertz CT molecular complexity index is 415. The van der Waals surface area contributed by atoms with E-state index in [-0.39, 0.29) is 12.5 Å². The van der Waals surface area contributed by atoms with Crippen molar-refractivity contribution in [3.63, 3.8) is 0 Å². The van der Waals surface area contributed by atoms with E-state index in [1.165, 1.54) is 25.7 Å². The van der Waals surface area contributed by atoms with E-state index >= 15 is 0 Å². The van der Waals surface area contributed by atoms with Gasteiger partial charge in [0, 0.05) is 32.3 Å². The van der Waals surface area contributed by atoms with E-state index in [0.717, 1.165) is 51.5 Å². The van der Waals surface area contributed by atoms with Crippen molar-refractivity contribution in [1.82, 2.24) is 16.0 Å². The van der Waals surface area contributed by atoms with Crippen LogP contribution in [0.25, 0.3) is 0 Å². The van der Waals surface area contributed by atoms with Crippen LogP contribution in [-0.4, -0.2) is 50.8 Å². The van der Waals surface area contributed by atoms with Gasteiger partial charge in [0.05, 0.1) is 0 Å². The number of nitrogens with one attached hydrogen (secondary N) is 3. The van der Waals surface area contributed by atoms with Crippen molar-refractivity contribution in [3.05, 3.63) is 0 Å². The summed E-state index contributed by atoms with van der Waals surface area (Å²) < 4.78 is 5.57. The predicted molar refractivity (Wildman–Crippen MR) is 97.2 cm³/mol. The molecule has 6 nitrogen and oxygen atoms in total. The van der Waals surface area contributed by atoms with Crippen LogP contribution in [0.15, 0.2) is 4.99 Å². The van der Waals surface area contributed by atoms with Crippen LogP contribution in [0, 0.1) is 5.41 Å². The number of carbonyl (C=O) groups excluding carboxylic acids is 1. The second-order valence-electron chi connectivity index (χ2n) is 7.04. The lowest BCUT2D eigenvalue weighted by atomic mass is 9.83. The third-order valence-electron chi connectivity index (χ3n) is 4.94. The summed E-state index contributed by atoms with van der Waals surface area (Å²) in [6.45, 7) is 7.58. The zero-order valence-electron chi connectivity index (χ0n) is 15.3. The lowest BCUT2D eigenvalue weighted by Gasteiger charge is -2.30. The van der Waals surface area contributed by atoms with Gasteiger partial charge in [0.25, 0.3) is 0 Å². The molecule has 6 heteroatoms. The zero-order valence-corrected chi connectivity index (χ0v) is 15.3. The molecule has 24 heavy (non-hydrogen) atoms. The first-order valence-electron chi connectivity index (χ1n) is 9.57. The quantitative estimate of drug-likeness (QED) is 0.323. The molecule has 138 valence electrons. The molecule has 0 radical (unpaired) electrons. The molecule has 2 rings (SSSR count). The number of carbonyl (C=O) groups is 1. The molecule has 2 saturated carbocycles. The van der Waals surface area contributed by atoms with Gasteiger partial charge in [0.1, 0.15) is 6.54 Å². The molecule has 0 spiro atoms. The maximum atomic E-state index is 11.8. The lowest BCUT2D eigenvalue weighted by molar-refractivity contribution is -0.119. The van der Waals surface area contributed by atoms with Gasteiger partial charge in [0.15, 0.2) is 5.96 Å². The Morgan fingerprint density at radius 1 is 1.21 bits per heavy atom. The summed E-state index contributed by atoms with van der Waals surface area (Å²) in [7, 11) is 0. The molecule has 0 unspecified atom stereocenters. The van der Waals surface area contributed by atoms with Crippen LogP contribution in [0.3, 0.4) is 0 Å². The summed E-state index contributed by atoms with van der Waals surface area (Å²) in [5.41, 5.74) is 0.307. The summed E-state index contributed by atoms with van der Waals surface area (Å²) in [6.07, 6.45) is 8.39. The molecule has 3 N–H and O–H groups in total. The Hall–Kier alpha value is -1.30. The number of rotatable bonds is 10. The van der Waals surface area contributed by atoms with Crippen molar-refractivity contribution in [3.8, 4) is 0 Å². The van der Waals surface area contributed by atoms with Gasteiger partial charge in [-0.1, -0.05) is 12.8 Å². The topological polar surface area (TPSA) is 74.8 Å². The number of aliphatic imine (C=N–C) groups is 1. The molecule has 2 aliphatic carbocycles. The Kier molecular flexibility index (Phi) is 7.82. The fourth-order valence-corrected chi connectivity index (χ4v) is 3.34. The number of hydrogen-bond donors (Lipinski definition) is 3. The number of hydrogen-bond acceptors (Lipinski definition) is 3. The molecule has 0 aromatic carbocycles. The number of ether oxygens (including phenoxy) is 1. The smallest absolute Gasteiger partial charge is 0.242 e. The first-order chi connectivity index (χ1) is 11.7. The van der Waals surface area contributed by atoms with Gasteiger partial charge in [-0.05, 0) is 51.4 Å². The molecular weight excluding hydrogens is 304 g/mol. The second-order valence-corrected chi connectivity index (χ2v) is 7.04. The monoisotopic (exact) mass is 338 g/mol. The van der Waals surface area contributed by atoms with Crippen LogP contribution in [0.2, 0.25) is 0 Å². The van der Waals surface area contributed by atoms with Crippen molar-refractivity contribution in [2.24, 2.45) is 10.4 Å². The molecule has 0 saturated heterocycles. The average molecular weight is 338 g/mol. The molecule has 1 amide bonds. The van der Waals surface area contributed by atoms with Gasteiger partial charge in [-0.15, -0.1) is 0 Å². The van der Waals surface area contributed by atoms with Crippen molar-refractivity contribution < 1.29 is 9.53 Å². The van der Waals surface area contributed by atoms with E-state index in [1.54, 1.807) is 0 Å². The van der Waals surface area contributed by atoms with Crippen LogP contribution < -0.4 is 16.0 Å². The summed E-state index contributed by atoms with van der Waals surface area (Å²) in [6, 6.07) is 0.392. The molecule has 0 aromatic rings. The van der Waals surface area contributed by atoms with E-state index in [0.29, 0.717) is 11.5 Å². The van der Waals surface area contributed by atoms with Gasteiger partial charge < -0.3 is 20.7 Å². The summed E-state index contributed by atoms with van der Waals surface area (Å²) in [5, 5.41) is 9.67. The molecule has 0 atom stereocenters. The maximum Gasteiger partial charge on any atom is 0.242 e. The average Bonchev–Trinajstić information content (AvgIpc) is 3.26. The van der Waals surface area contributed by atoms with E-state index in [9.17, 15) is 4.79 Å². The minimum Gasteiger partial charge on any atom is -0.382 e. The van der Waals surface area contributed by atoms with Gasteiger partial charge in [-0.2, -0.15) is 0 Å². The van der Waals surface area contributed by atoms with Crippen molar-refractivity contribution >= 4 is 11.9 Å². The minimum absolute atomic E-state index is 0.0154. The van der Waals surface area contributed by atoms with Gasteiger partial charge in [-0.25, -0.2) is 4.99 Å². The van der Waals surface area contributed by atoms with Crippen LogP contribution in [0.4, 0.5) is 0 Å². The van der Waals surface area contributed by atoms with E-state index < -0.39 is 0 Å². The third kappa shape index (κ3) is 6.67. The van der Waals surface area contributed by atoms with Crippen LogP contribution >= 0.6 is 0 Å². The van der Waals surface area contributed by atoms with Crippen LogP contribution in [0.5, 0.6) is 0 Å². The molecular formula is C18H34N4O2. The summed E-state index contributed by atoms with van der Waals surface area (Å²) >= 11 is 0. The number of guanidine groups is 1. The lowest BCUT2D eigenvalue weighted by Crippen LogP contribution is -2.44. The molecule has 0 bridgehead atoms. The molecule has 0 aromatic heterocycles. The number of amides is 1. The van der Waals surface area contributed by atoms with E-state index in [1.807, 2.05) is 13.8 Å². The summed E-state index contributed by atoms with van der Waals surface area (Å²) in [5.74, 6) is 0.757. The fourth-order valence-electron chi connectivity index (χ4n) is 3.34. The van der Waals surface area contributed by atoms with E-state index in [2.05, 4.69) is 20.9 Å². The maximum absolute atomic E-state index is 11.8. The van der Waals surface area contributed by atoms with Gasteiger partial charge in [-0.3, -0.25) is 4.79 Å². The third-order valence-corrected chi connectivity index (χ3v) is 4.94. The Morgan fingerprint density at radius 2 is 1.96 bits per heavy atom. The van der Waals surface area contributed by atoms with Gasteiger partial charge in [0.2, 0.25) is 5.91 Å². The highest BCUT2D eigenvalue weighted by Gasteiger charge is 2.33. The second kappa shape index (κ2) is 9.87. The standard InChI is InChI=1S/C18H34N4O2/c1-3-19-17(20-13-16(23)22-15-7-8-15)21-14-18(9-5-6-10-18)11-12-24-4-2/h15H,3-14H2,1-2H3,(H,22,23)(H2,19,20,21). The fraction of sp³-hybridized carbons (Fsp3) is 0.889. The normalized spacial score (nSPS) is 20.0. The first-order valence-corrected chi connectivity index (χ1v) is 9.57. The van der Waals surface area contributed by atoms with Crippen LogP contribution in [-0.2, 0) is 9.53 Å². The zero-order chi connectivity index (χ0) is 17.3. The van der Waals surface area contributed by atoms with Gasteiger partial charge >= 0.3 is 0 Å². The SMILES string of the molecule is CCNC(=NCC(=O)NC1CC1)NCC1(CCOCC)CCCC1. The molecule has 0 heterocycles. The highest BCUT2D eigenvalue weighted by atomic mass is 16.5. The Labute approximate surface area is 146 Å². The first kappa shape index (κ1) is 19.0. The Morgan fingerprint density at radius 3 is 2.58 bits per heavy atom. The van der Waals surface area contributed by atoms with Crippen LogP contribution in [0.1, 0.15) is 58.8 Å². The summed E-state index contributed by atoms with van der Waals surface area (Å²) in [4.78, 5) is 16.2. The predicted octanol–water partition coefficient (Wildman–Crippen LogP) is 1.81. The highest BCUT2D eigenvalue weighted by molar-refractivity contribution is 5.85. The molecule has 2 fully saturated rings. The number of nitrogens with zero attached hydrogens (tertiary/aromatic N) is 1. The van der Waals surface area contributed by atoms with Crippen molar-refractivity contribution in [1.29, 1.82) is 0 Å². The van der Waals surface area contributed by atoms with Crippen molar-refractivity contribution in [2.45, 2.75) is 64.8 Å². The highest BCUT2D eigenvalue weighted by Crippen LogP contribution is 2.40.